The van der Waals surface area contributed by atoms with Crippen LogP contribution >= 0.6 is 0 Å². The maximum absolute atomic E-state index is 14.1. The number of benzene rings is 2. The highest BCUT2D eigenvalue weighted by Gasteiger charge is 2.44. The number of amides is 1. The molecule has 1 radical (unpaired) electrons. The Labute approximate surface area is 192 Å². The zero-order chi connectivity index (χ0) is 25.1. The van der Waals surface area contributed by atoms with Gasteiger partial charge in [0.1, 0.15) is 35.4 Å². The summed E-state index contributed by atoms with van der Waals surface area (Å²) in [7, 11) is 1.16. The number of hydrogen-bond donors (Lipinski definition) is 0. The van der Waals surface area contributed by atoms with Crippen LogP contribution in [0.4, 0.5) is 17.6 Å². The molecule has 1 aliphatic rings. The van der Waals surface area contributed by atoms with Crippen LogP contribution in [0, 0.1) is 5.82 Å². The van der Waals surface area contributed by atoms with Crippen molar-refractivity contribution in [1.29, 1.82) is 0 Å². The van der Waals surface area contributed by atoms with Gasteiger partial charge in [-0.1, -0.05) is 30.3 Å². The van der Waals surface area contributed by atoms with Crippen molar-refractivity contribution < 1.29 is 46.1 Å². The molecule has 1 fully saturated rings. The van der Waals surface area contributed by atoms with Gasteiger partial charge in [0, 0.05) is 7.05 Å². The summed E-state index contributed by atoms with van der Waals surface area (Å²) in [4.78, 5) is 25.2. The van der Waals surface area contributed by atoms with Gasteiger partial charge in [-0.2, -0.15) is 13.2 Å². The van der Waals surface area contributed by atoms with Crippen LogP contribution < -0.4 is 10.1 Å². The van der Waals surface area contributed by atoms with Crippen LogP contribution in [0.2, 0.25) is 0 Å². The maximum Gasteiger partial charge on any atom is 0.420 e. The van der Waals surface area contributed by atoms with E-state index in [1.165, 1.54) is 0 Å². The lowest BCUT2D eigenvalue weighted by Crippen LogP contribution is -2.43. The topological polar surface area (TPSA) is 85.2 Å². The van der Waals surface area contributed by atoms with E-state index in [9.17, 15) is 27.2 Å². The number of nitrogens with zero attached hydrogens (tertiary/aromatic N) is 1. The van der Waals surface area contributed by atoms with Gasteiger partial charge < -0.3 is 18.9 Å². The minimum atomic E-state index is -5.04. The van der Waals surface area contributed by atoms with E-state index in [0.717, 1.165) is 7.05 Å². The third-order valence-corrected chi connectivity index (χ3v) is 4.87. The van der Waals surface area contributed by atoms with Crippen LogP contribution in [-0.2, 0) is 31.8 Å². The Kier molecular flexibility index (Phi) is 7.47. The van der Waals surface area contributed by atoms with Crippen LogP contribution in [0.15, 0.2) is 42.5 Å². The largest absolute Gasteiger partial charge is 0.487 e. The zero-order valence-corrected chi connectivity index (χ0v) is 18.5. The summed E-state index contributed by atoms with van der Waals surface area (Å²) >= 11 is 0. The molecule has 2 aromatic rings. The smallest absolute Gasteiger partial charge is 0.420 e. The molecule has 0 aliphatic carbocycles. The van der Waals surface area contributed by atoms with E-state index in [0.29, 0.717) is 11.6 Å². The lowest BCUT2D eigenvalue weighted by Gasteiger charge is -2.23. The van der Waals surface area contributed by atoms with Crippen molar-refractivity contribution in [3.05, 3.63) is 65.0 Å². The van der Waals surface area contributed by atoms with E-state index in [1.54, 1.807) is 44.2 Å². The monoisotopic (exact) mass is 484 g/mol. The van der Waals surface area contributed by atoms with Crippen molar-refractivity contribution in [3.63, 3.8) is 0 Å². The Bertz CT molecular complexity index is 1040. The second-order valence-electron chi connectivity index (χ2n) is 7.86. The summed E-state index contributed by atoms with van der Waals surface area (Å²) < 4.78 is 76.6. The van der Waals surface area contributed by atoms with Gasteiger partial charge in [-0.25, -0.2) is 9.18 Å². The quantitative estimate of drug-likeness (QED) is 0.438. The van der Waals surface area contributed by atoms with Crippen LogP contribution in [-0.4, -0.2) is 43.5 Å². The van der Waals surface area contributed by atoms with Gasteiger partial charge in [-0.05, 0) is 31.5 Å². The Hall–Kier alpha value is -3.18. The first kappa shape index (κ1) is 25.4. The van der Waals surface area contributed by atoms with Crippen LogP contribution in [0.5, 0.6) is 5.75 Å². The lowest BCUT2D eigenvalue weighted by molar-refractivity contribution is -0.159. The molecule has 0 N–H and O–H groups in total. The molecule has 0 saturated carbocycles. The number of hydrogen-bond acceptors (Lipinski definition) is 6. The van der Waals surface area contributed by atoms with Crippen molar-refractivity contribution in [3.8, 4) is 5.75 Å². The summed E-state index contributed by atoms with van der Waals surface area (Å²) in [6, 6.07) is 8.99. The Morgan fingerprint density at radius 1 is 1.21 bits per heavy atom. The fourth-order valence-corrected chi connectivity index (χ4v) is 3.30. The minimum Gasteiger partial charge on any atom is -0.487 e. The van der Waals surface area contributed by atoms with Crippen molar-refractivity contribution in [1.82, 2.24) is 5.32 Å². The third kappa shape index (κ3) is 6.03. The van der Waals surface area contributed by atoms with Gasteiger partial charge in [0.25, 0.3) is 5.91 Å². The molecule has 1 saturated heterocycles. The molecule has 2 unspecified atom stereocenters. The summed E-state index contributed by atoms with van der Waals surface area (Å²) in [5, 5.41) is 3.46. The standard InChI is InChI=1S/C23H22F4NO6/c1-22(2)32-12-17(34-22)19(20(29)28-3)33-21(30)15-9-14(24)10-16(23(25,26)27)18(15)31-11-13-7-5-4-6-8-13/h4-10,17,19H,11-12H2,1-3H3. The summed E-state index contributed by atoms with van der Waals surface area (Å²) in [6.45, 7) is 2.66. The molecular weight excluding hydrogens is 462 g/mol. The first-order chi connectivity index (χ1) is 15.9. The summed E-state index contributed by atoms with van der Waals surface area (Å²) in [5.74, 6) is -5.67. The molecule has 1 aliphatic heterocycles. The van der Waals surface area contributed by atoms with Crippen LogP contribution in [0.1, 0.15) is 35.3 Å². The summed E-state index contributed by atoms with van der Waals surface area (Å²) in [5.41, 5.74) is -1.83. The highest BCUT2D eigenvalue weighted by molar-refractivity contribution is 5.95. The molecule has 183 valence electrons. The second-order valence-corrected chi connectivity index (χ2v) is 7.86. The van der Waals surface area contributed by atoms with Crippen molar-refractivity contribution in [2.75, 3.05) is 13.7 Å². The number of likely N-dealkylation sites (N-methyl/N-ethyl adjacent to an activating group) is 1. The van der Waals surface area contributed by atoms with E-state index in [4.69, 9.17) is 18.9 Å². The number of carbonyl (C=O) groups excluding carboxylic acids is 2. The van der Waals surface area contributed by atoms with Gasteiger partial charge in [-0.15, -0.1) is 0 Å². The molecule has 34 heavy (non-hydrogen) atoms. The predicted molar refractivity (Wildman–Crippen MR) is 109 cm³/mol. The number of halogens is 4. The average molecular weight is 484 g/mol. The Morgan fingerprint density at radius 2 is 1.88 bits per heavy atom. The van der Waals surface area contributed by atoms with E-state index >= 15 is 0 Å². The molecule has 2 aromatic carbocycles. The fourth-order valence-electron chi connectivity index (χ4n) is 3.30. The molecule has 0 spiro atoms. The first-order valence-corrected chi connectivity index (χ1v) is 10.1. The second kappa shape index (κ2) is 9.98. The predicted octanol–water partition coefficient (Wildman–Crippen LogP) is 3.86. The maximum atomic E-state index is 14.1. The highest BCUT2D eigenvalue weighted by atomic mass is 19.4. The van der Waals surface area contributed by atoms with Crippen LogP contribution in [0.3, 0.4) is 0 Å². The summed E-state index contributed by atoms with van der Waals surface area (Å²) in [6.07, 6.45) is -7.73. The molecule has 0 bridgehead atoms. The SMILES string of the molecule is C[N]C(=O)C(OC(=O)c1cc(F)cc(C(F)(F)F)c1OCc1ccccc1)C1COC(C)(C)O1. The lowest BCUT2D eigenvalue weighted by atomic mass is 10.1. The molecule has 0 aromatic heterocycles. The number of alkyl halides is 3. The minimum absolute atomic E-state index is 0.138. The molecule has 1 amide bonds. The normalized spacial score (nSPS) is 18.3. The number of carbonyl (C=O) groups is 2. The van der Waals surface area contributed by atoms with Gasteiger partial charge in [0.2, 0.25) is 6.10 Å². The van der Waals surface area contributed by atoms with Gasteiger partial charge >= 0.3 is 12.1 Å². The molecule has 2 atom stereocenters. The van der Waals surface area contributed by atoms with E-state index in [1.807, 2.05) is 0 Å². The van der Waals surface area contributed by atoms with E-state index in [-0.39, 0.29) is 19.3 Å². The first-order valence-electron chi connectivity index (χ1n) is 10.1. The van der Waals surface area contributed by atoms with Gasteiger partial charge in [-0.3, -0.25) is 10.1 Å². The Balaban J connectivity index is 1.96. The molecule has 11 heteroatoms. The van der Waals surface area contributed by atoms with Crippen molar-refractivity contribution >= 4 is 11.9 Å². The number of ether oxygens (including phenoxy) is 4. The average Bonchev–Trinajstić information content (AvgIpc) is 3.14. The number of esters is 1. The Morgan fingerprint density at radius 3 is 2.44 bits per heavy atom. The molecule has 7 nitrogen and oxygen atoms in total. The van der Waals surface area contributed by atoms with Crippen molar-refractivity contribution in [2.45, 2.75) is 44.6 Å². The number of rotatable bonds is 7. The fraction of sp³-hybridized carbons (Fsp3) is 0.391. The highest BCUT2D eigenvalue weighted by Crippen LogP contribution is 2.40. The van der Waals surface area contributed by atoms with Crippen LogP contribution in [0.25, 0.3) is 0 Å². The third-order valence-electron chi connectivity index (χ3n) is 4.87. The zero-order valence-electron chi connectivity index (χ0n) is 18.5. The molecule has 1 heterocycles. The van der Waals surface area contributed by atoms with E-state index in [2.05, 4.69) is 5.32 Å². The van der Waals surface area contributed by atoms with Gasteiger partial charge in [0.15, 0.2) is 5.79 Å². The molecule has 3 rings (SSSR count). The van der Waals surface area contributed by atoms with E-state index < -0.39 is 58.7 Å². The molecular formula is C23H22F4NO6. The van der Waals surface area contributed by atoms with Gasteiger partial charge in [0.05, 0.1) is 6.61 Å². The van der Waals surface area contributed by atoms with Crippen molar-refractivity contribution in [2.24, 2.45) is 0 Å².